The summed E-state index contributed by atoms with van der Waals surface area (Å²) >= 11 is 2.21. The first-order valence-electron chi connectivity index (χ1n) is 11.9. The van der Waals surface area contributed by atoms with E-state index in [4.69, 9.17) is 4.74 Å². The van der Waals surface area contributed by atoms with Crippen molar-refractivity contribution in [2.45, 2.75) is 68.2 Å². The highest BCUT2D eigenvalue weighted by Gasteiger charge is 2.72. The predicted molar refractivity (Wildman–Crippen MR) is 133 cm³/mol. The third-order valence-electron chi connectivity index (χ3n) is 8.49. The number of phenols is 1. The van der Waals surface area contributed by atoms with Gasteiger partial charge >= 0.3 is 0 Å². The Morgan fingerprint density at radius 2 is 2.15 bits per heavy atom. The number of ether oxygens (including phenoxy) is 1. The zero-order chi connectivity index (χ0) is 23.0. The molecule has 5 atom stereocenters. The Morgan fingerprint density at radius 3 is 2.94 bits per heavy atom. The predicted octanol–water partition coefficient (Wildman–Crippen LogP) is 3.36. The van der Waals surface area contributed by atoms with Crippen LogP contribution in [0.5, 0.6) is 11.5 Å². The number of rotatable bonds is 4. The van der Waals surface area contributed by atoms with Gasteiger partial charge in [0.2, 0.25) is 0 Å². The second kappa shape index (κ2) is 7.58. The Balaban J connectivity index is 1.43. The maximum atomic E-state index is 13.2. The van der Waals surface area contributed by atoms with E-state index in [1.807, 2.05) is 30.3 Å². The van der Waals surface area contributed by atoms with E-state index in [2.05, 4.69) is 39.7 Å². The van der Waals surface area contributed by atoms with Crippen LogP contribution in [0, 0.1) is 3.57 Å². The SMILES string of the molecule is CCCN1CC[C@]23c4c5ccc(O)c4OC2C(NC(=O)c2cccc(I)c2)CC[C@@]3(O)[C@H]1C5. The summed E-state index contributed by atoms with van der Waals surface area (Å²) in [6.45, 7) is 4.02. The highest BCUT2D eigenvalue weighted by Crippen LogP contribution is 2.65. The number of piperidine rings is 1. The van der Waals surface area contributed by atoms with Crippen LogP contribution >= 0.6 is 22.6 Å². The number of hydrogen-bond acceptors (Lipinski definition) is 5. The number of aromatic hydroxyl groups is 1. The molecule has 1 saturated heterocycles. The van der Waals surface area contributed by atoms with Gasteiger partial charge in [-0.3, -0.25) is 9.69 Å². The lowest BCUT2D eigenvalue weighted by Gasteiger charge is -2.64. The summed E-state index contributed by atoms with van der Waals surface area (Å²) in [6.07, 6.45) is 3.39. The van der Waals surface area contributed by atoms with Crippen LogP contribution in [0.3, 0.4) is 0 Å². The van der Waals surface area contributed by atoms with Gasteiger partial charge in [0.15, 0.2) is 11.5 Å². The molecule has 1 amide bonds. The molecule has 2 heterocycles. The molecule has 2 bridgehead atoms. The smallest absolute Gasteiger partial charge is 0.251 e. The van der Waals surface area contributed by atoms with Crippen molar-refractivity contribution in [2.75, 3.05) is 13.1 Å². The number of halogens is 1. The van der Waals surface area contributed by atoms with Gasteiger partial charge in [-0.05, 0) is 97.6 Å². The summed E-state index contributed by atoms with van der Waals surface area (Å²) in [5, 5.41) is 26.3. The second-order valence-corrected chi connectivity index (χ2v) is 11.3. The summed E-state index contributed by atoms with van der Waals surface area (Å²) in [6, 6.07) is 11.0. The number of phenolic OH excluding ortho intramolecular Hbond substituents is 1. The average molecular weight is 560 g/mol. The molecule has 3 N–H and O–H groups in total. The van der Waals surface area contributed by atoms with E-state index in [9.17, 15) is 15.0 Å². The van der Waals surface area contributed by atoms with Gasteiger partial charge in [0.1, 0.15) is 6.10 Å². The van der Waals surface area contributed by atoms with Gasteiger partial charge < -0.3 is 20.3 Å². The largest absolute Gasteiger partial charge is 0.504 e. The Morgan fingerprint density at radius 1 is 1.30 bits per heavy atom. The van der Waals surface area contributed by atoms with Crippen LogP contribution in [0.25, 0.3) is 0 Å². The van der Waals surface area contributed by atoms with E-state index in [0.717, 1.165) is 47.0 Å². The number of likely N-dealkylation sites (tertiary alicyclic amines) is 1. The molecule has 2 unspecified atom stereocenters. The first-order chi connectivity index (χ1) is 15.9. The molecular weight excluding hydrogens is 531 g/mol. The molecule has 1 spiro atoms. The maximum Gasteiger partial charge on any atom is 0.251 e. The van der Waals surface area contributed by atoms with E-state index >= 15 is 0 Å². The minimum Gasteiger partial charge on any atom is -0.504 e. The third-order valence-corrected chi connectivity index (χ3v) is 9.16. The van der Waals surface area contributed by atoms with Crippen molar-refractivity contribution in [2.24, 2.45) is 0 Å². The molecule has 7 heteroatoms. The van der Waals surface area contributed by atoms with Gasteiger partial charge in [-0.25, -0.2) is 0 Å². The van der Waals surface area contributed by atoms with Crippen LogP contribution in [0.4, 0.5) is 0 Å². The average Bonchev–Trinajstić information content (AvgIpc) is 3.15. The topological polar surface area (TPSA) is 82.0 Å². The van der Waals surface area contributed by atoms with Crippen LogP contribution < -0.4 is 10.1 Å². The van der Waals surface area contributed by atoms with E-state index in [-0.39, 0.29) is 23.7 Å². The summed E-state index contributed by atoms with van der Waals surface area (Å²) < 4.78 is 7.51. The van der Waals surface area contributed by atoms with Crippen molar-refractivity contribution >= 4 is 28.5 Å². The number of benzene rings is 2. The molecular formula is C26H29IN2O4. The number of amides is 1. The Hall–Kier alpha value is -1.84. The summed E-state index contributed by atoms with van der Waals surface area (Å²) in [5.41, 5.74) is 1.20. The number of hydrogen-bond donors (Lipinski definition) is 3. The second-order valence-electron chi connectivity index (χ2n) is 10.0. The molecule has 2 fully saturated rings. The zero-order valence-corrected chi connectivity index (χ0v) is 20.8. The third kappa shape index (κ3) is 2.88. The lowest BCUT2D eigenvalue weighted by molar-refractivity contribution is -0.190. The first kappa shape index (κ1) is 21.7. The van der Waals surface area contributed by atoms with Gasteiger partial charge in [0.05, 0.1) is 17.1 Å². The number of aliphatic hydroxyl groups is 1. The number of nitrogens with one attached hydrogen (secondary N) is 1. The normalized spacial score (nSPS) is 33.8. The van der Waals surface area contributed by atoms with Gasteiger partial charge in [-0.2, -0.15) is 0 Å². The van der Waals surface area contributed by atoms with E-state index in [0.29, 0.717) is 24.2 Å². The van der Waals surface area contributed by atoms with Crippen molar-refractivity contribution in [3.05, 3.63) is 56.7 Å². The molecule has 2 aliphatic carbocycles. The Kier molecular flexibility index (Phi) is 4.98. The molecule has 1 saturated carbocycles. The number of carbonyl (C=O) groups excluding carboxylic acids is 1. The van der Waals surface area contributed by atoms with Crippen LogP contribution in [0.2, 0.25) is 0 Å². The molecule has 2 aromatic rings. The highest BCUT2D eigenvalue weighted by atomic mass is 127. The summed E-state index contributed by atoms with van der Waals surface area (Å²) in [4.78, 5) is 15.6. The lowest BCUT2D eigenvalue weighted by Crippen LogP contribution is -2.78. The summed E-state index contributed by atoms with van der Waals surface area (Å²) in [7, 11) is 0. The molecule has 6 rings (SSSR count). The molecule has 2 aliphatic heterocycles. The van der Waals surface area contributed by atoms with Gasteiger partial charge in [0, 0.05) is 20.7 Å². The maximum absolute atomic E-state index is 13.2. The van der Waals surface area contributed by atoms with Gasteiger partial charge in [-0.15, -0.1) is 0 Å². The summed E-state index contributed by atoms with van der Waals surface area (Å²) in [5.74, 6) is 0.505. The van der Waals surface area contributed by atoms with Crippen LogP contribution in [-0.4, -0.2) is 57.9 Å². The van der Waals surface area contributed by atoms with E-state index < -0.39 is 17.1 Å². The fourth-order valence-corrected chi connectivity index (χ4v) is 7.76. The molecule has 4 aliphatic rings. The van der Waals surface area contributed by atoms with Crippen molar-refractivity contribution < 1.29 is 19.7 Å². The standard InChI is InChI=1S/C26H29IN2O4/c1-2-11-29-12-10-25-21-15-6-7-19(30)22(21)33-23(25)18(8-9-26(25,32)20(29)14-15)28-24(31)16-4-3-5-17(27)13-16/h3-7,13,18,20,23,30,32H,2,8-12,14H2,1H3,(H,28,31)/t18?,20-,23?,25+,26-/m1/s1. The van der Waals surface area contributed by atoms with Gasteiger partial charge in [-0.1, -0.05) is 19.1 Å². The molecule has 0 radical (unpaired) electrons. The molecule has 0 aromatic heterocycles. The fraction of sp³-hybridized carbons (Fsp3) is 0.500. The Bertz CT molecular complexity index is 1140. The van der Waals surface area contributed by atoms with Crippen molar-refractivity contribution in [3.8, 4) is 11.5 Å². The van der Waals surface area contributed by atoms with Gasteiger partial charge in [0.25, 0.3) is 5.91 Å². The number of carbonyl (C=O) groups is 1. The Labute approximate surface area is 207 Å². The minimum atomic E-state index is -0.944. The molecule has 33 heavy (non-hydrogen) atoms. The number of nitrogens with zero attached hydrogens (tertiary/aromatic N) is 1. The monoisotopic (exact) mass is 560 g/mol. The van der Waals surface area contributed by atoms with Crippen molar-refractivity contribution in [1.29, 1.82) is 0 Å². The highest BCUT2D eigenvalue weighted by molar-refractivity contribution is 14.1. The van der Waals surface area contributed by atoms with Crippen molar-refractivity contribution in [3.63, 3.8) is 0 Å². The van der Waals surface area contributed by atoms with Crippen LogP contribution in [-0.2, 0) is 11.8 Å². The molecule has 174 valence electrons. The van der Waals surface area contributed by atoms with E-state index in [1.54, 1.807) is 6.07 Å². The van der Waals surface area contributed by atoms with E-state index in [1.165, 1.54) is 0 Å². The van der Waals surface area contributed by atoms with Crippen molar-refractivity contribution in [1.82, 2.24) is 10.2 Å². The van der Waals surface area contributed by atoms with Crippen LogP contribution in [0.15, 0.2) is 36.4 Å². The van der Waals surface area contributed by atoms with Crippen LogP contribution in [0.1, 0.15) is 54.1 Å². The molecule has 2 aromatic carbocycles. The molecule has 6 nitrogen and oxygen atoms in total. The fourth-order valence-electron chi connectivity index (χ4n) is 7.21. The minimum absolute atomic E-state index is 0.0210. The lowest BCUT2D eigenvalue weighted by atomic mass is 9.48. The zero-order valence-electron chi connectivity index (χ0n) is 18.7. The quantitative estimate of drug-likeness (QED) is 0.500. The first-order valence-corrected chi connectivity index (χ1v) is 13.0.